The van der Waals surface area contributed by atoms with Gasteiger partial charge in [0.25, 0.3) is 0 Å². The Morgan fingerprint density at radius 1 is 1.00 bits per heavy atom. The highest BCUT2D eigenvalue weighted by Gasteiger charge is 2.33. The maximum Gasteiger partial charge on any atom is 0.418 e. The van der Waals surface area contributed by atoms with Crippen LogP contribution >= 0.6 is 0 Å². The van der Waals surface area contributed by atoms with Crippen molar-refractivity contribution in [1.82, 2.24) is 10.2 Å². The van der Waals surface area contributed by atoms with Crippen molar-refractivity contribution in [2.24, 2.45) is 0 Å². The largest absolute Gasteiger partial charge is 0.496 e. The van der Waals surface area contributed by atoms with E-state index >= 15 is 0 Å². The number of benzene rings is 2. The number of amides is 2. The molecule has 0 heterocycles. The van der Waals surface area contributed by atoms with Gasteiger partial charge in [-0.2, -0.15) is 13.2 Å². The van der Waals surface area contributed by atoms with Crippen LogP contribution in [0.25, 0.3) is 0 Å². The fraction of sp³-hybridized carbons (Fsp3) is 0.333. The molecular formula is C21H24F3N3O3. The van der Waals surface area contributed by atoms with Crippen molar-refractivity contribution in [3.05, 3.63) is 59.7 Å². The van der Waals surface area contributed by atoms with E-state index < -0.39 is 17.6 Å². The standard InChI is InChI=1S/C21H24F3N3O3/c1-3-27(13-19(28)25-12-15-8-4-7-11-18(15)30-2)14-20(29)26-17-10-6-5-9-16(17)21(22,23)24/h4-11H,3,12-14H2,1-2H3,(H,25,28)(H,26,29). The molecule has 2 amide bonds. The third kappa shape index (κ3) is 6.77. The highest BCUT2D eigenvalue weighted by atomic mass is 19.4. The number of para-hydroxylation sites is 2. The van der Waals surface area contributed by atoms with Gasteiger partial charge < -0.3 is 15.4 Å². The molecule has 0 bridgehead atoms. The van der Waals surface area contributed by atoms with Crippen LogP contribution in [-0.4, -0.2) is 43.5 Å². The molecule has 0 aliphatic carbocycles. The second kappa shape index (κ2) is 10.6. The minimum atomic E-state index is -4.58. The summed E-state index contributed by atoms with van der Waals surface area (Å²) in [5.41, 5.74) is -0.430. The van der Waals surface area contributed by atoms with Crippen molar-refractivity contribution in [3.8, 4) is 5.75 Å². The summed E-state index contributed by atoms with van der Waals surface area (Å²) in [4.78, 5) is 26.0. The van der Waals surface area contributed by atoms with E-state index in [1.807, 2.05) is 18.2 Å². The zero-order valence-electron chi connectivity index (χ0n) is 16.8. The molecule has 2 aromatic rings. The summed E-state index contributed by atoms with van der Waals surface area (Å²) in [6.07, 6.45) is -4.58. The van der Waals surface area contributed by atoms with E-state index in [-0.39, 0.29) is 31.2 Å². The second-order valence-corrected chi connectivity index (χ2v) is 6.48. The van der Waals surface area contributed by atoms with Crippen LogP contribution in [0, 0.1) is 0 Å². The highest BCUT2D eigenvalue weighted by Crippen LogP contribution is 2.34. The van der Waals surface area contributed by atoms with Gasteiger partial charge in [0.1, 0.15) is 5.75 Å². The molecule has 9 heteroatoms. The van der Waals surface area contributed by atoms with Gasteiger partial charge in [-0.15, -0.1) is 0 Å². The molecular weight excluding hydrogens is 399 g/mol. The first-order valence-electron chi connectivity index (χ1n) is 9.31. The Morgan fingerprint density at radius 3 is 2.30 bits per heavy atom. The van der Waals surface area contributed by atoms with E-state index in [2.05, 4.69) is 10.6 Å². The van der Waals surface area contributed by atoms with Crippen LogP contribution in [0.15, 0.2) is 48.5 Å². The summed E-state index contributed by atoms with van der Waals surface area (Å²) in [7, 11) is 1.54. The minimum absolute atomic E-state index is 0.0695. The average Bonchev–Trinajstić information content (AvgIpc) is 2.71. The number of halogens is 3. The van der Waals surface area contributed by atoms with Crippen LogP contribution in [0.3, 0.4) is 0 Å². The summed E-state index contributed by atoms with van der Waals surface area (Å²) in [5, 5.41) is 5.03. The minimum Gasteiger partial charge on any atom is -0.496 e. The van der Waals surface area contributed by atoms with Gasteiger partial charge in [0.2, 0.25) is 11.8 Å². The number of anilines is 1. The van der Waals surface area contributed by atoms with Crippen LogP contribution < -0.4 is 15.4 Å². The van der Waals surface area contributed by atoms with Crippen molar-refractivity contribution in [1.29, 1.82) is 0 Å². The predicted molar refractivity (Wildman–Crippen MR) is 107 cm³/mol. The first kappa shape index (κ1) is 23.2. The number of carbonyl (C=O) groups excluding carboxylic acids is 2. The fourth-order valence-electron chi connectivity index (χ4n) is 2.81. The number of ether oxygens (including phenoxy) is 1. The smallest absolute Gasteiger partial charge is 0.418 e. The molecule has 0 saturated heterocycles. The molecule has 0 unspecified atom stereocenters. The number of alkyl halides is 3. The number of nitrogens with zero attached hydrogens (tertiary/aromatic N) is 1. The Balaban J connectivity index is 1.91. The zero-order chi connectivity index (χ0) is 22.1. The van der Waals surface area contributed by atoms with Gasteiger partial charge in [-0.1, -0.05) is 37.3 Å². The lowest BCUT2D eigenvalue weighted by atomic mass is 10.1. The van der Waals surface area contributed by atoms with E-state index in [1.54, 1.807) is 13.0 Å². The SMILES string of the molecule is CCN(CC(=O)NCc1ccccc1OC)CC(=O)Nc1ccccc1C(F)(F)F. The van der Waals surface area contributed by atoms with Gasteiger partial charge in [0.05, 0.1) is 31.5 Å². The van der Waals surface area contributed by atoms with E-state index in [9.17, 15) is 22.8 Å². The van der Waals surface area contributed by atoms with Gasteiger partial charge in [0, 0.05) is 12.1 Å². The average molecular weight is 423 g/mol. The fourth-order valence-corrected chi connectivity index (χ4v) is 2.81. The number of methoxy groups -OCH3 is 1. The van der Waals surface area contributed by atoms with Crippen LogP contribution in [0.2, 0.25) is 0 Å². The monoisotopic (exact) mass is 423 g/mol. The molecule has 2 N–H and O–H groups in total. The normalized spacial score (nSPS) is 11.3. The summed E-state index contributed by atoms with van der Waals surface area (Å²) in [6.45, 7) is 2.09. The van der Waals surface area contributed by atoms with Gasteiger partial charge >= 0.3 is 6.18 Å². The number of rotatable bonds is 9. The van der Waals surface area contributed by atoms with Crippen LogP contribution in [0.5, 0.6) is 5.75 Å². The number of hydrogen-bond donors (Lipinski definition) is 2. The van der Waals surface area contributed by atoms with Crippen LogP contribution in [-0.2, 0) is 22.3 Å². The maximum absolute atomic E-state index is 13.1. The molecule has 2 aromatic carbocycles. The lowest BCUT2D eigenvalue weighted by Crippen LogP contribution is -2.41. The van der Waals surface area contributed by atoms with Crippen molar-refractivity contribution in [3.63, 3.8) is 0 Å². The lowest BCUT2D eigenvalue weighted by Gasteiger charge is -2.20. The van der Waals surface area contributed by atoms with Crippen molar-refractivity contribution < 1.29 is 27.5 Å². The number of carbonyl (C=O) groups is 2. The van der Waals surface area contributed by atoms with Crippen LogP contribution in [0.1, 0.15) is 18.1 Å². The topological polar surface area (TPSA) is 70.7 Å². The van der Waals surface area contributed by atoms with E-state index in [0.29, 0.717) is 12.3 Å². The summed E-state index contributed by atoms with van der Waals surface area (Å²) in [5.74, 6) is -0.301. The van der Waals surface area contributed by atoms with Crippen molar-refractivity contribution in [2.75, 3.05) is 32.1 Å². The molecule has 6 nitrogen and oxygen atoms in total. The van der Waals surface area contributed by atoms with Gasteiger partial charge in [-0.25, -0.2) is 0 Å². The lowest BCUT2D eigenvalue weighted by molar-refractivity contribution is -0.137. The third-order valence-corrected chi connectivity index (χ3v) is 4.36. The Morgan fingerprint density at radius 2 is 1.63 bits per heavy atom. The molecule has 0 spiro atoms. The van der Waals surface area contributed by atoms with Gasteiger partial charge in [-0.3, -0.25) is 14.5 Å². The molecule has 30 heavy (non-hydrogen) atoms. The summed E-state index contributed by atoms with van der Waals surface area (Å²) >= 11 is 0. The Bertz CT molecular complexity index is 872. The first-order chi connectivity index (χ1) is 14.2. The third-order valence-electron chi connectivity index (χ3n) is 4.36. The molecule has 0 aliphatic heterocycles. The van der Waals surface area contributed by atoms with E-state index in [0.717, 1.165) is 11.6 Å². The molecule has 0 aliphatic rings. The highest BCUT2D eigenvalue weighted by molar-refractivity contribution is 5.93. The van der Waals surface area contributed by atoms with Crippen molar-refractivity contribution >= 4 is 17.5 Å². The molecule has 162 valence electrons. The zero-order valence-corrected chi connectivity index (χ0v) is 16.8. The number of nitrogens with one attached hydrogen (secondary N) is 2. The molecule has 0 radical (unpaired) electrons. The Kier molecular flexibility index (Phi) is 8.23. The second-order valence-electron chi connectivity index (χ2n) is 6.48. The Labute approximate surface area is 173 Å². The van der Waals surface area contributed by atoms with E-state index in [4.69, 9.17) is 4.74 Å². The van der Waals surface area contributed by atoms with Crippen LogP contribution in [0.4, 0.5) is 18.9 Å². The summed E-state index contributed by atoms with van der Waals surface area (Å²) in [6, 6.07) is 12.0. The maximum atomic E-state index is 13.1. The molecule has 0 fully saturated rings. The predicted octanol–water partition coefficient (Wildman–Crippen LogP) is 3.29. The van der Waals surface area contributed by atoms with Gasteiger partial charge in [0.15, 0.2) is 0 Å². The molecule has 2 rings (SSSR count). The molecule has 0 aromatic heterocycles. The molecule has 0 atom stereocenters. The van der Waals surface area contributed by atoms with E-state index in [1.165, 1.54) is 30.2 Å². The Hall–Kier alpha value is -3.07. The number of hydrogen-bond acceptors (Lipinski definition) is 4. The summed E-state index contributed by atoms with van der Waals surface area (Å²) < 4.78 is 44.4. The first-order valence-corrected chi connectivity index (χ1v) is 9.31. The van der Waals surface area contributed by atoms with Crippen molar-refractivity contribution in [2.45, 2.75) is 19.6 Å². The number of likely N-dealkylation sites (N-methyl/N-ethyl adjacent to an activating group) is 1. The van der Waals surface area contributed by atoms with Gasteiger partial charge in [-0.05, 0) is 24.7 Å². The quantitative estimate of drug-likeness (QED) is 0.650. The molecule has 0 saturated carbocycles.